The van der Waals surface area contributed by atoms with Gasteiger partial charge in [0.15, 0.2) is 0 Å². The quantitative estimate of drug-likeness (QED) is 0.521. The lowest BCUT2D eigenvalue weighted by Crippen LogP contribution is -2.35. The molecule has 0 aliphatic carbocycles. The number of aliphatic carboxylic acids is 1. The molecule has 13 heavy (non-hydrogen) atoms. The highest BCUT2D eigenvalue weighted by atomic mass is 16.4. The second-order valence-electron chi connectivity index (χ2n) is 2.78. The summed E-state index contributed by atoms with van der Waals surface area (Å²) in [4.78, 5) is 10.3. The molecule has 4 nitrogen and oxygen atoms in total. The Kier molecular flexibility index (Phi) is 3.42. The molecule has 0 aromatic heterocycles. The number of carboxylic acid groups (broad SMARTS) is 1. The van der Waals surface area contributed by atoms with E-state index in [9.17, 15) is 4.79 Å². The molecule has 0 bridgehead atoms. The second-order valence-corrected chi connectivity index (χ2v) is 2.78. The minimum atomic E-state index is -0.918. The van der Waals surface area contributed by atoms with E-state index in [2.05, 4.69) is 0 Å². The zero-order chi connectivity index (χ0) is 9.68. The summed E-state index contributed by atoms with van der Waals surface area (Å²) >= 11 is 0. The normalized spacial score (nSPS) is 10.3. The molecule has 1 rings (SSSR count). The summed E-state index contributed by atoms with van der Waals surface area (Å²) in [5.74, 6) is 4.54. The number of carboxylic acids is 1. The molecule has 0 aliphatic heterocycles. The molecule has 0 fully saturated rings. The van der Waals surface area contributed by atoms with Gasteiger partial charge in [-0.2, -0.15) is 0 Å². The van der Waals surface area contributed by atoms with Gasteiger partial charge in [-0.1, -0.05) is 30.3 Å². The van der Waals surface area contributed by atoms with Crippen molar-refractivity contribution in [1.82, 2.24) is 5.01 Å². The summed E-state index contributed by atoms with van der Waals surface area (Å²) in [5, 5.41) is 9.70. The summed E-state index contributed by atoms with van der Waals surface area (Å²) in [5.41, 5.74) is 1.01. The Hall–Kier alpha value is -1.39. The summed E-state index contributed by atoms with van der Waals surface area (Å²) in [6, 6.07) is 9.50. The molecule has 0 aliphatic rings. The SMILES string of the molecule is NN(CC(=O)O)Cc1ccccc1. The lowest BCUT2D eigenvalue weighted by molar-refractivity contribution is -0.138. The third-order valence-electron chi connectivity index (χ3n) is 1.57. The predicted octanol–water partition coefficient (Wildman–Crippen LogP) is 0.447. The Balaban J connectivity index is 2.45. The van der Waals surface area contributed by atoms with E-state index in [1.807, 2.05) is 30.3 Å². The topological polar surface area (TPSA) is 66.6 Å². The first-order valence-electron chi connectivity index (χ1n) is 3.94. The molecule has 70 valence electrons. The predicted molar refractivity (Wildman–Crippen MR) is 48.7 cm³/mol. The van der Waals surface area contributed by atoms with Gasteiger partial charge in [0.25, 0.3) is 0 Å². The molecule has 0 unspecified atom stereocenters. The smallest absolute Gasteiger partial charge is 0.319 e. The highest BCUT2D eigenvalue weighted by Crippen LogP contribution is 2.00. The fourth-order valence-electron chi connectivity index (χ4n) is 1.05. The molecule has 0 spiro atoms. The largest absolute Gasteiger partial charge is 0.480 e. The molecule has 0 amide bonds. The van der Waals surface area contributed by atoms with E-state index in [-0.39, 0.29) is 6.54 Å². The highest BCUT2D eigenvalue weighted by molar-refractivity contribution is 5.68. The van der Waals surface area contributed by atoms with Gasteiger partial charge >= 0.3 is 5.97 Å². The van der Waals surface area contributed by atoms with Crippen LogP contribution in [0.2, 0.25) is 0 Å². The number of benzene rings is 1. The van der Waals surface area contributed by atoms with E-state index in [1.165, 1.54) is 5.01 Å². The molecular weight excluding hydrogens is 168 g/mol. The molecule has 0 saturated heterocycles. The molecule has 1 aromatic carbocycles. The van der Waals surface area contributed by atoms with Crippen LogP contribution in [-0.2, 0) is 11.3 Å². The zero-order valence-electron chi connectivity index (χ0n) is 7.18. The minimum absolute atomic E-state index is 0.144. The molecule has 0 heterocycles. The third kappa shape index (κ3) is 3.68. The Morgan fingerprint density at radius 1 is 1.38 bits per heavy atom. The number of nitrogens with zero attached hydrogens (tertiary/aromatic N) is 1. The number of rotatable bonds is 4. The van der Waals surface area contributed by atoms with Crippen molar-refractivity contribution in [3.8, 4) is 0 Å². The average Bonchev–Trinajstić information content (AvgIpc) is 2.04. The van der Waals surface area contributed by atoms with Crippen molar-refractivity contribution in [2.45, 2.75) is 6.54 Å². The molecular formula is C9H12N2O2. The van der Waals surface area contributed by atoms with E-state index in [0.717, 1.165) is 5.56 Å². The Morgan fingerprint density at radius 2 is 2.00 bits per heavy atom. The maximum absolute atomic E-state index is 10.3. The van der Waals surface area contributed by atoms with Crippen LogP contribution in [0, 0.1) is 0 Å². The standard InChI is InChI=1S/C9H12N2O2/c10-11(7-9(12)13)6-8-4-2-1-3-5-8/h1-5H,6-7,10H2,(H,12,13). The first-order chi connectivity index (χ1) is 6.18. The van der Waals surface area contributed by atoms with Crippen LogP contribution in [0.25, 0.3) is 0 Å². The summed E-state index contributed by atoms with van der Waals surface area (Å²) in [7, 11) is 0. The van der Waals surface area contributed by atoms with E-state index in [0.29, 0.717) is 6.54 Å². The summed E-state index contributed by atoms with van der Waals surface area (Å²) in [6.07, 6.45) is 0. The first kappa shape index (κ1) is 9.70. The molecule has 4 heteroatoms. The Morgan fingerprint density at radius 3 is 2.54 bits per heavy atom. The monoisotopic (exact) mass is 180 g/mol. The van der Waals surface area contributed by atoms with Crippen molar-refractivity contribution >= 4 is 5.97 Å². The van der Waals surface area contributed by atoms with Crippen LogP contribution in [0.15, 0.2) is 30.3 Å². The van der Waals surface area contributed by atoms with Crippen LogP contribution < -0.4 is 5.84 Å². The lowest BCUT2D eigenvalue weighted by atomic mass is 10.2. The molecule has 0 atom stereocenters. The van der Waals surface area contributed by atoms with Gasteiger partial charge in [-0.25, -0.2) is 5.01 Å². The number of hydrogen-bond donors (Lipinski definition) is 2. The lowest BCUT2D eigenvalue weighted by Gasteiger charge is -2.12. The average molecular weight is 180 g/mol. The number of hydrazine groups is 1. The van der Waals surface area contributed by atoms with Crippen molar-refractivity contribution in [3.63, 3.8) is 0 Å². The first-order valence-corrected chi connectivity index (χ1v) is 3.94. The fraction of sp³-hybridized carbons (Fsp3) is 0.222. The van der Waals surface area contributed by atoms with Gasteiger partial charge in [-0.05, 0) is 5.56 Å². The van der Waals surface area contributed by atoms with E-state index in [1.54, 1.807) is 0 Å². The van der Waals surface area contributed by atoms with Crippen LogP contribution in [0.1, 0.15) is 5.56 Å². The van der Waals surface area contributed by atoms with E-state index in [4.69, 9.17) is 10.9 Å². The molecule has 1 aromatic rings. The van der Waals surface area contributed by atoms with Crippen LogP contribution in [0.4, 0.5) is 0 Å². The molecule has 3 N–H and O–H groups in total. The van der Waals surface area contributed by atoms with Crippen molar-refractivity contribution in [2.75, 3.05) is 6.54 Å². The fourth-order valence-corrected chi connectivity index (χ4v) is 1.05. The van der Waals surface area contributed by atoms with Crippen molar-refractivity contribution < 1.29 is 9.90 Å². The summed E-state index contributed by atoms with van der Waals surface area (Å²) in [6.45, 7) is 0.308. The highest BCUT2D eigenvalue weighted by Gasteiger charge is 2.04. The van der Waals surface area contributed by atoms with E-state index >= 15 is 0 Å². The van der Waals surface area contributed by atoms with Crippen molar-refractivity contribution in [1.29, 1.82) is 0 Å². The third-order valence-corrected chi connectivity index (χ3v) is 1.57. The minimum Gasteiger partial charge on any atom is -0.480 e. The van der Waals surface area contributed by atoms with Gasteiger partial charge in [0, 0.05) is 6.54 Å². The number of nitrogens with two attached hydrogens (primary N) is 1. The summed E-state index contributed by atoms with van der Waals surface area (Å²) < 4.78 is 0. The van der Waals surface area contributed by atoms with Crippen molar-refractivity contribution in [3.05, 3.63) is 35.9 Å². The van der Waals surface area contributed by atoms with Crippen LogP contribution in [-0.4, -0.2) is 22.6 Å². The number of carbonyl (C=O) groups is 1. The van der Waals surface area contributed by atoms with E-state index < -0.39 is 5.97 Å². The zero-order valence-corrected chi connectivity index (χ0v) is 7.18. The van der Waals surface area contributed by atoms with Gasteiger partial charge in [0.05, 0.1) is 0 Å². The maximum atomic E-state index is 10.3. The number of hydrogen-bond acceptors (Lipinski definition) is 3. The van der Waals surface area contributed by atoms with Gasteiger partial charge in [-0.15, -0.1) is 0 Å². The molecule has 0 radical (unpaired) electrons. The van der Waals surface area contributed by atoms with Gasteiger partial charge in [0.1, 0.15) is 6.54 Å². The van der Waals surface area contributed by atoms with Gasteiger partial charge in [-0.3, -0.25) is 10.6 Å². The Labute approximate surface area is 76.6 Å². The second kappa shape index (κ2) is 4.59. The maximum Gasteiger partial charge on any atom is 0.319 e. The van der Waals surface area contributed by atoms with Gasteiger partial charge < -0.3 is 5.11 Å². The molecule has 0 saturated carbocycles. The Bertz CT molecular complexity index is 274. The van der Waals surface area contributed by atoms with Crippen LogP contribution in [0.3, 0.4) is 0 Å². The van der Waals surface area contributed by atoms with Gasteiger partial charge in [0.2, 0.25) is 0 Å². The van der Waals surface area contributed by atoms with Crippen LogP contribution >= 0.6 is 0 Å². The van der Waals surface area contributed by atoms with Crippen molar-refractivity contribution in [2.24, 2.45) is 5.84 Å². The van der Waals surface area contributed by atoms with Crippen LogP contribution in [0.5, 0.6) is 0 Å².